The Bertz CT molecular complexity index is 1300. The lowest BCUT2D eigenvalue weighted by molar-refractivity contribution is 0.0984. The molecular formula is C29H36N4O6S. The summed E-state index contributed by atoms with van der Waals surface area (Å²) in [5.41, 5.74) is 3.57. The van der Waals surface area contributed by atoms with Crippen LogP contribution in [0.4, 0.5) is 15.3 Å². The number of methoxy groups -OCH3 is 1. The Balaban J connectivity index is 1.52. The highest BCUT2D eigenvalue weighted by Gasteiger charge is 2.34. The normalized spacial score (nSPS) is 17.0. The molecule has 0 radical (unpaired) electrons. The van der Waals surface area contributed by atoms with Gasteiger partial charge in [0.1, 0.15) is 0 Å². The number of hydrazone groups is 1. The lowest BCUT2D eigenvalue weighted by Crippen LogP contribution is -2.39. The third-order valence-electron chi connectivity index (χ3n) is 7.12. The van der Waals surface area contributed by atoms with E-state index in [1.54, 1.807) is 11.0 Å². The number of thioether (sulfide) groups is 1. The van der Waals surface area contributed by atoms with Gasteiger partial charge in [-0.25, -0.2) is 4.79 Å². The highest BCUT2D eigenvalue weighted by Crippen LogP contribution is 2.34. The van der Waals surface area contributed by atoms with E-state index in [4.69, 9.17) is 9.47 Å². The number of imide groups is 1. The van der Waals surface area contributed by atoms with Gasteiger partial charge in [-0.05, 0) is 80.7 Å². The summed E-state index contributed by atoms with van der Waals surface area (Å²) < 4.78 is 10.5. The van der Waals surface area contributed by atoms with E-state index in [1.165, 1.54) is 19.2 Å². The number of fused-ring (bicyclic) bond motifs is 1. The van der Waals surface area contributed by atoms with Gasteiger partial charge < -0.3 is 24.4 Å². The SMILES string of the molecule is CCN(CC)CCCOC(=O)N1N=C(c2ccc3c(c2)CCCN3C(=O)c2ccc(O)c(OC)c2)C(C)SC1=O. The highest BCUT2D eigenvalue weighted by atomic mass is 32.2. The lowest BCUT2D eigenvalue weighted by atomic mass is 9.96. The molecule has 2 aromatic carbocycles. The van der Waals surface area contributed by atoms with E-state index in [9.17, 15) is 19.5 Å². The molecule has 2 aliphatic heterocycles. The number of hydrogen-bond donors (Lipinski definition) is 1. The van der Waals surface area contributed by atoms with Gasteiger partial charge in [-0.3, -0.25) is 9.59 Å². The van der Waals surface area contributed by atoms with Gasteiger partial charge in [0.2, 0.25) is 0 Å². The molecule has 0 fully saturated rings. The van der Waals surface area contributed by atoms with Crippen LogP contribution in [-0.4, -0.2) is 83.1 Å². The van der Waals surface area contributed by atoms with Crippen molar-refractivity contribution in [1.82, 2.24) is 9.91 Å². The van der Waals surface area contributed by atoms with Crippen LogP contribution in [0.1, 0.15) is 55.1 Å². The summed E-state index contributed by atoms with van der Waals surface area (Å²) in [6.07, 6.45) is 1.45. The molecule has 0 saturated carbocycles. The summed E-state index contributed by atoms with van der Waals surface area (Å²) in [7, 11) is 1.44. The number of aryl methyl sites for hydroxylation is 1. The van der Waals surface area contributed by atoms with Crippen LogP contribution in [0.2, 0.25) is 0 Å². The number of benzene rings is 2. The second kappa shape index (κ2) is 13.2. The average molecular weight is 569 g/mol. The van der Waals surface area contributed by atoms with Crippen LogP contribution >= 0.6 is 11.8 Å². The number of phenolic OH excluding ortho intramolecular Hbond substituents is 1. The molecule has 2 aromatic rings. The first-order chi connectivity index (χ1) is 19.3. The van der Waals surface area contributed by atoms with Gasteiger partial charge in [0.25, 0.3) is 5.91 Å². The average Bonchev–Trinajstić information content (AvgIpc) is 2.96. The van der Waals surface area contributed by atoms with E-state index in [-0.39, 0.29) is 29.3 Å². The molecule has 4 rings (SSSR count). The smallest absolute Gasteiger partial charge is 0.438 e. The fourth-order valence-corrected chi connectivity index (χ4v) is 5.69. The Labute approximate surface area is 238 Å². The van der Waals surface area contributed by atoms with E-state index < -0.39 is 11.3 Å². The second-order valence-corrected chi connectivity index (χ2v) is 10.9. The lowest BCUT2D eigenvalue weighted by Gasteiger charge is -2.31. The van der Waals surface area contributed by atoms with Crippen molar-refractivity contribution in [2.75, 3.05) is 44.8 Å². The first-order valence-corrected chi connectivity index (χ1v) is 14.5. The predicted octanol–water partition coefficient (Wildman–Crippen LogP) is 5.12. The minimum atomic E-state index is -0.777. The van der Waals surface area contributed by atoms with Crippen molar-refractivity contribution >= 4 is 40.4 Å². The standard InChI is InChI=1S/C29H36N4O6S/c1-5-31(6-2)14-8-16-39-28(36)33-29(37)40-19(3)26(30-33)21-10-12-23-20(17-21)9-7-15-32(23)27(35)22-11-13-24(34)25(18-22)38-4/h10-13,17-19,34H,5-9,14-16H2,1-4H3. The van der Waals surface area contributed by atoms with Crippen LogP contribution in [0, 0.1) is 0 Å². The molecule has 2 heterocycles. The number of amides is 3. The zero-order valence-electron chi connectivity index (χ0n) is 23.4. The third-order valence-corrected chi connectivity index (χ3v) is 8.07. The van der Waals surface area contributed by atoms with E-state index in [0.29, 0.717) is 24.2 Å². The van der Waals surface area contributed by atoms with Crippen LogP contribution in [0.25, 0.3) is 0 Å². The highest BCUT2D eigenvalue weighted by molar-refractivity contribution is 8.14. The van der Waals surface area contributed by atoms with E-state index in [0.717, 1.165) is 66.1 Å². The van der Waals surface area contributed by atoms with Crippen molar-refractivity contribution in [2.24, 2.45) is 5.10 Å². The molecule has 3 amide bonds. The molecule has 40 heavy (non-hydrogen) atoms. The molecular weight excluding hydrogens is 532 g/mol. The first-order valence-electron chi connectivity index (χ1n) is 13.6. The summed E-state index contributed by atoms with van der Waals surface area (Å²) in [5.74, 6) is 0.0206. The van der Waals surface area contributed by atoms with Crippen molar-refractivity contribution in [1.29, 1.82) is 0 Å². The molecule has 0 bridgehead atoms. The first kappa shape index (κ1) is 29.4. The number of carbonyl (C=O) groups is 3. The molecule has 2 aliphatic rings. The largest absolute Gasteiger partial charge is 0.504 e. The monoisotopic (exact) mass is 568 g/mol. The third kappa shape index (κ3) is 6.42. The van der Waals surface area contributed by atoms with Crippen molar-refractivity contribution in [3.05, 3.63) is 53.1 Å². The minimum absolute atomic E-state index is 0.0287. The number of nitrogens with zero attached hydrogens (tertiary/aromatic N) is 4. The van der Waals surface area contributed by atoms with Gasteiger partial charge in [0.05, 0.1) is 24.7 Å². The summed E-state index contributed by atoms with van der Waals surface area (Å²) in [6, 6.07) is 10.3. The molecule has 1 unspecified atom stereocenters. The number of rotatable bonds is 9. The molecule has 214 valence electrons. The number of anilines is 1. The van der Waals surface area contributed by atoms with Crippen molar-refractivity contribution in [3.63, 3.8) is 0 Å². The molecule has 0 aliphatic carbocycles. The topological polar surface area (TPSA) is 112 Å². The van der Waals surface area contributed by atoms with Gasteiger partial charge in [0.15, 0.2) is 11.5 Å². The minimum Gasteiger partial charge on any atom is -0.504 e. The molecule has 0 saturated heterocycles. The quantitative estimate of drug-likeness (QED) is 0.415. The van der Waals surface area contributed by atoms with Gasteiger partial charge in [0, 0.05) is 24.3 Å². The van der Waals surface area contributed by atoms with Gasteiger partial charge in [-0.2, -0.15) is 5.10 Å². The Hall–Kier alpha value is -3.57. The maximum atomic E-state index is 13.4. The molecule has 1 N–H and O–H groups in total. The second-order valence-electron chi connectivity index (χ2n) is 9.61. The maximum absolute atomic E-state index is 13.4. The Morgan fingerprint density at radius 2 is 1.95 bits per heavy atom. The molecule has 0 aromatic heterocycles. The number of ether oxygens (including phenoxy) is 2. The van der Waals surface area contributed by atoms with Crippen molar-refractivity contribution in [2.45, 2.75) is 45.3 Å². The van der Waals surface area contributed by atoms with Crippen molar-refractivity contribution < 1.29 is 29.0 Å². The van der Waals surface area contributed by atoms with Crippen LogP contribution in [-0.2, 0) is 11.2 Å². The zero-order valence-corrected chi connectivity index (χ0v) is 24.2. The number of phenols is 1. The van der Waals surface area contributed by atoms with Crippen LogP contribution < -0.4 is 9.64 Å². The van der Waals surface area contributed by atoms with Gasteiger partial charge >= 0.3 is 11.3 Å². The molecule has 10 nitrogen and oxygen atoms in total. The Morgan fingerprint density at radius 3 is 2.67 bits per heavy atom. The zero-order chi connectivity index (χ0) is 28.8. The van der Waals surface area contributed by atoms with E-state index >= 15 is 0 Å². The number of aromatic hydroxyl groups is 1. The summed E-state index contributed by atoms with van der Waals surface area (Å²) in [6.45, 7) is 9.47. The van der Waals surface area contributed by atoms with Crippen LogP contribution in [0.3, 0.4) is 0 Å². The van der Waals surface area contributed by atoms with Gasteiger partial charge in [-0.15, -0.1) is 5.01 Å². The van der Waals surface area contributed by atoms with E-state index in [1.807, 2.05) is 25.1 Å². The Kier molecular flexibility index (Phi) is 9.70. The van der Waals surface area contributed by atoms with Crippen LogP contribution in [0.15, 0.2) is 41.5 Å². The number of hydrogen-bond acceptors (Lipinski definition) is 9. The van der Waals surface area contributed by atoms with Crippen LogP contribution in [0.5, 0.6) is 11.5 Å². The number of carbonyl (C=O) groups excluding carboxylic acids is 3. The summed E-state index contributed by atoms with van der Waals surface area (Å²) in [5, 5.41) is 14.4. The molecule has 1 atom stereocenters. The molecule has 11 heteroatoms. The fourth-order valence-electron chi connectivity index (χ4n) is 4.88. The Morgan fingerprint density at radius 1 is 1.18 bits per heavy atom. The van der Waals surface area contributed by atoms with Crippen molar-refractivity contribution in [3.8, 4) is 11.5 Å². The fraction of sp³-hybridized carbons (Fsp3) is 0.448. The predicted molar refractivity (Wildman–Crippen MR) is 156 cm³/mol. The molecule has 0 spiro atoms. The maximum Gasteiger partial charge on any atom is 0.438 e. The summed E-state index contributed by atoms with van der Waals surface area (Å²) >= 11 is 1.03. The van der Waals surface area contributed by atoms with Gasteiger partial charge in [-0.1, -0.05) is 31.7 Å². The van der Waals surface area contributed by atoms with E-state index in [2.05, 4.69) is 23.8 Å². The summed E-state index contributed by atoms with van der Waals surface area (Å²) in [4.78, 5) is 42.7.